The van der Waals surface area contributed by atoms with Gasteiger partial charge in [-0.3, -0.25) is 14.3 Å². The number of aromatic nitrogens is 2. The zero-order valence-corrected chi connectivity index (χ0v) is 18.0. The third-order valence-corrected chi connectivity index (χ3v) is 5.06. The summed E-state index contributed by atoms with van der Waals surface area (Å²) in [5, 5.41) is 10.4. The number of benzene rings is 2. The Morgan fingerprint density at radius 3 is 2.03 bits per heavy atom. The average molecular weight is 405 g/mol. The molecular weight excluding hydrogens is 376 g/mol. The van der Waals surface area contributed by atoms with Crippen LogP contribution in [0.5, 0.6) is 0 Å². The monoisotopic (exact) mass is 404 g/mol. The number of anilines is 2. The Labute approximate surface area is 177 Å². The molecule has 3 aromatic rings. The Bertz CT molecular complexity index is 1030. The highest BCUT2D eigenvalue weighted by atomic mass is 16.2. The van der Waals surface area contributed by atoms with Gasteiger partial charge in [0, 0.05) is 23.4 Å². The molecule has 0 bridgehead atoms. The fraction of sp³-hybridized carbons (Fsp3) is 0.292. The molecule has 0 atom stereocenters. The Balaban J connectivity index is 1.66. The summed E-state index contributed by atoms with van der Waals surface area (Å²) in [5.74, 6) is -0.384. The minimum atomic E-state index is -0.201. The van der Waals surface area contributed by atoms with Crippen LogP contribution in [0, 0.1) is 20.8 Å². The third kappa shape index (κ3) is 4.95. The highest BCUT2D eigenvalue weighted by Crippen LogP contribution is 2.21. The largest absolute Gasteiger partial charge is 0.322 e. The molecule has 0 spiro atoms. The maximum absolute atomic E-state index is 12.7. The summed E-state index contributed by atoms with van der Waals surface area (Å²) < 4.78 is 1.94. The third-order valence-electron chi connectivity index (χ3n) is 5.06. The smallest absolute Gasteiger partial charge is 0.255 e. The van der Waals surface area contributed by atoms with Crippen LogP contribution < -0.4 is 10.6 Å². The summed E-state index contributed by atoms with van der Waals surface area (Å²) in [5.41, 5.74) is 5.36. The van der Waals surface area contributed by atoms with E-state index in [4.69, 9.17) is 0 Å². The van der Waals surface area contributed by atoms with Gasteiger partial charge in [-0.1, -0.05) is 31.0 Å². The van der Waals surface area contributed by atoms with Crippen LogP contribution in [0.3, 0.4) is 0 Å². The van der Waals surface area contributed by atoms with Crippen molar-refractivity contribution in [1.82, 2.24) is 9.78 Å². The normalized spacial score (nSPS) is 10.7. The lowest BCUT2D eigenvalue weighted by Gasteiger charge is -2.09. The lowest BCUT2D eigenvalue weighted by Crippen LogP contribution is -2.14. The van der Waals surface area contributed by atoms with Gasteiger partial charge in [0.25, 0.3) is 11.8 Å². The Morgan fingerprint density at radius 2 is 1.43 bits per heavy atom. The second kappa shape index (κ2) is 9.39. The maximum atomic E-state index is 12.7. The summed E-state index contributed by atoms with van der Waals surface area (Å²) in [6.07, 6.45) is 2.14. The first-order valence-electron chi connectivity index (χ1n) is 10.2. The molecule has 0 saturated heterocycles. The maximum Gasteiger partial charge on any atom is 0.255 e. The predicted octanol–water partition coefficient (Wildman–Crippen LogP) is 5.11. The molecule has 1 aromatic heterocycles. The quantitative estimate of drug-likeness (QED) is 0.574. The summed E-state index contributed by atoms with van der Waals surface area (Å²) in [7, 11) is 0. The summed E-state index contributed by atoms with van der Waals surface area (Å²) in [6, 6.07) is 14.2. The Hall–Kier alpha value is -3.41. The SMILES string of the molecule is CCCCn1nc(C)c(NC(=O)c2ccc(NC(=O)c3ccc(C)cc3)cc2)c1C. The summed E-state index contributed by atoms with van der Waals surface area (Å²) in [4.78, 5) is 25.0. The molecule has 0 radical (unpaired) electrons. The molecule has 6 heteroatoms. The molecule has 3 rings (SSSR count). The lowest BCUT2D eigenvalue weighted by molar-refractivity contribution is 0.102. The van der Waals surface area contributed by atoms with Crippen molar-refractivity contribution in [3.05, 3.63) is 76.6 Å². The lowest BCUT2D eigenvalue weighted by atomic mass is 10.1. The van der Waals surface area contributed by atoms with Gasteiger partial charge in [0.05, 0.1) is 17.1 Å². The van der Waals surface area contributed by atoms with Gasteiger partial charge >= 0.3 is 0 Å². The highest BCUT2D eigenvalue weighted by molar-refractivity contribution is 6.06. The van der Waals surface area contributed by atoms with Gasteiger partial charge in [-0.2, -0.15) is 5.10 Å². The first kappa shape index (κ1) is 21.3. The fourth-order valence-corrected chi connectivity index (χ4v) is 3.20. The number of rotatable bonds is 7. The van der Waals surface area contributed by atoms with E-state index in [9.17, 15) is 9.59 Å². The van der Waals surface area contributed by atoms with Gasteiger partial charge in [-0.15, -0.1) is 0 Å². The molecule has 2 amide bonds. The Kier molecular flexibility index (Phi) is 6.67. The van der Waals surface area contributed by atoms with Crippen LogP contribution in [-0.2, 0) is 6.54 Å². The van der Waals surface area contributed by atoms with E-state index in [0.29, 0.717) is 16.8 Å². The van der Waals surface area contributed by atoms with E-state index >= 15 is 0 Å². The Morgan fingerprint density at radius 1 is 0.867 bits per heavy atom. The minimum absolute atomic E-state index is 0.182. The minimum Gasteiger partial charge on any atom is -0.322 e. The van der Waals surface area contributed by atoms with Crippen LogP contribution in [0.15, 0.2) is 48.5 Å². The van der Waals surface area contributed by atoms with Crippen molar-refractivity contribution in [2.75, 3.05) is 10.6 Å². The van der Waals surface area contributed by atoms with Crippen LogP contribution in [0.1, 0.15) is 57.4 Å². The van der Waals surface area contributed by atoms with Crippen LogP contribution in [0.2, 0.25) is 0 Å². The fourth-order valence-electron chi connectivity index (χ4n) is 3.20. The van der Waals surface area contributed by atoms with E-state index < -0.39 is 0 Å². The predicted molar refractivity (Wildman–Crippen MR) is 120 cm³/mol. The van der Waals surface area contributed by atoms with E-state index in [-0.39, 0.29) is 11.8 Å². The van der Waals surface area contributed by atoms with Crippen molar-refractivity contribution in [3.8, 4) is 0 Å². The van der Waals surface area contributed by atoms with E-state index in [1.54, 1.807) is 36.4 Å². The van der Waals surface area contributed by atoms with Gasteiger partial charge in [0.2, 0.25) is 0 Å². The van der Waals surface area contributed by atoms with Gasteiger partial charge in [0.15, 0.2) is 0 Å². The first-order valence-corrected chi connectivity index (χ1v) is 10.2. The van der Waals surface area contributed by atoms with Crippen molar-refractivity contribution >= 4 is 23.2 Å². The van der Waals surface area contributed by atoms with Crippen molar-refractivity contribution < 1.29 is 9.59 Å². The molecule has 30 heavy (non-hydrogen) atoms. The number of nitrogens with zero attached hydrogens (tertiary/aromatic N) is 2. The van der Waals surface area contributed by atoms with Crippen LogP contribution >= 0.6 is 0 Å². The molecule has 1 heterocycles. The van der Waals surface area contributed by atoms with E-state index in [0.717, 1.165) is 42.0 Å². The number of hydrogen-bond donors (Lipinski definition) is 2. The second-order valence-electron chi connectivity index (χ2n) is 7.47. The molecule has 0 saturated carbocycles. The van der Waals surface area contributed by atoms with Crippen molar-refractivity contribution in [3.63, 3.8) is 0 Å². The van der Waals surface area contributed by atoms with Gasteiger partial charge in [0.1, 0.15) is 0 Å². The molecule has 0 aliphatic rings. The van der Waals surface area contributed by atoms with Crippen LogP contribution in [0.4, 0.5) is 11.4 Å². The molecular formula is C24H28N4O2. The zero-order valence-electron chi connectivity index (χ0n) is 18.0. The molecule has 0 aliphatic heterocycles. The standard InChI is InChI=1S/C24H28N4O2/c1-5-6-15-28-18(4)22(17(3)27-28)26-24(30)20-11-13-21(14-12-20)25-23(29)19-9-7-16(2)8-10-19/h7-14H,5-6,15H2,1-4H3,(H,25,29)(H,26,30). The number of nitrogens with one attached hydrogen (secondary N) is 2. The number of aryl methyl sites for hydroxylation is 3. The van der Waals surface area contributed by atoms with Gasteiger partial charge in [-0.25, -0.2) is 0 Å². The van der Waals surface area contributed by atoms with Crippen LogP contribution in [-0.4, -0.2) is 21.6 Å². The molecule has 0 aliphatic carbocycles. The topological polar surface area (TPSA) is 76.0 Å². The number of carbonyl (C=O) groups excluding carboxylic acids is 2. The number of unbranched alkanes of at least 4 members (excludes halogenated alkanes) is 1. The van der Waals surface area contributed by atoms with Crippen LogP contribution in [0.25, 0.3) is 0 Å². The highest BCUT2D eigenvalue weighted by Gasteiger charge is 2.15. The molecule has 2 N–H and O–H groups in total. The van der Waals surface area contributed by atoms with Gasteiger partial charge < -0.3 is 10.6 Å². The van der Waals surface area contributed by atoms with E-state index in [1.165, 1.54) is 0 Å². The summed E-state index contributed by atoms with van der Waals surface area (Å²) >= 11 is 0. The van der Waals surface area contributed by atoms with Crippen molar-refractivity contribution in [2.24, 2.45) is 0 Å². The molecule has 156 valence electrons. The molecule has 6 nitrogen and oxygen atoms in total. The summed E-state index contributed by atoms with van der Waals surface area (Å²) in [6.45, 7) is 8.82. The number of carbonyl (C=O) groups is 2. The molecule has 2 aromatic carbocycles. The first-order chi connectivity index (χ1) is 14.4. The zero-order chi connectivity index (χ0) is 21.7. The second-order valence-corrected chi connectivity index (χ2v) is 7.47. The molecule has 0 fully saturated rings. The average Bonchev–Trinajstić information content (AvgIpc) is 3.00. The number of hydrogen-bond acceptors (Lipinski definition) is 3. The van der Waals surface area contributed by atoms with Crippen molar-refractivity contribution in [1.29, 1.82) is 0 Å². The van der Waals surface area contributed by atoms with E-state index in [2.05, 4.69) is 22.7 Å². The van der Waals surface area contributed by atoms with E-state index in [1.807, 2.05) is 37.6 Å². The van der Waals surface area contributed by atoms with Gasteiger partial charge in [-0.05, 0) is 63.6 Å². The number of amides is 2. The molecule has 0 unspecified atom stereocenters. The van der Waals surface area contributed by atoms with Crippen molar-refractivity contribution in [2.45, 2.75) is 47.1 Å².